The molecule has 0 aromatic heterocycles. The van der Waals surface area contributed by atoms with Gasteiger partial charge in [-0.3, -0.25) is 4.79 Å². The van der Waals surface area contributed by atoms with Crippen molar-refractivity contribution in [3.63, 3.8) is 0 Å². The van der Waals surface area contributed by atoms with Crippen LogP contribution in [0.3, 0.4) is 0 Å². The Labute approximate surface area is 133 Å². The van der Waals surface area contributed by atoms with Gasteiger partial charge >= 0.3 is 6.18 Å². The first-order chi connectivity index (χ1) is 10.8. The van der Waals surface area contributed by atoms with Crippen LogP contribution in [0.15, 0.2) is 54.6 Å². The van der Waals surface area contributed by atoms with Crippen LogP contribution in [0.5, 0.6) is 0 Å². The van der Waals surface area contributed by atoms with Crippen LogP contribution >= 0.6 is 0 Å². The van der Waals surface area contributed by atoms with Crippen molar-refractivity contribution in [3.8, 4) is 0 Å². The summed E-state index contributed by atoms with van der Waals surface area (Å²) in [6.45, 7) is 1.78. The third kappa shape index (κ3) is 5.43. The molecule has 1 amide bonds. The van der Waals surface area contributed by atoms with Gasteiger partial charge in [-0.1, -0.05) is 48.5 Å². The number of benzene rings is 2. The Bertz CT molecular complexity index is 653. The fraction of sp³-hybridized carbons (Fsp3) is 0.278. The molecular weight excluding hydrogens is 303 g/mol. The van der Waals surface area contributed by atoms with E-state index in [-0.39, 0.29) is 18.4 Å². The van der Waals surface area contributed by atoms with Crippen LogP contribution in [0.2, 0.25) is 0 Å². The number of nitrogens with one attached hydrogen (secondary N) is 1. The second-order valence-corrected chi connectivity index (χ2v) is 5.53. The van der Waals surface area contributed by atoms with E-state index in [1.807, 2.05) is 30.3 Å². The number of rotatable bonds is 5. The minimum Gasteiger partial charge on any atom is -0.353 e. The van der Waals surface area contributed by atoms with E-state index in [1.165, 1.54) is 6.07 Å². The molecule has 0 saturated heterocycles. The lowest BCUT2D eigenvalue weighted by atomic mass is 10.0. The van der Waals surface area contributed by atoms with Gasteiger partial charge in [-0.05, 0) is 30.5 Å². The molecule has 0 fully saturated rings. The molecule has 0 radical (unpaired) electrons. The van der Waals surface area contributed by atoms with Gasteiger partial charge in [0.25, 0.3) is 0 Å². The van der Waals surface area contributed by atoms with Crippen molar-refractivity contribution >= 4 is 5.91 Å². The lowest BCUT2D eigenvalue weighted by molar-refractivity contribution is -0.137. The Morgan fingerprint density at radius 1 is 1.04 bits per heavy atom. The average molecular weight is 321 g/mol. The lowest BCUT2D eigenvalue weighted by Crippen LogP contribution is -2.35. The van der Waals surface area contributed by atoms with E-state index in [0.29, 0.717) is 12.0 Å². The third-order valence-electron chi connectivity index (χ3n) is 3.41. The molecule has 0 aliphatic rings. The molecule has 2 aromatic carbocycles. The normalized spacial score (nSPS) is 12.7. The fourth-order valence-corrected chi connectivity index (χ4v) is 2.39. The Hall–Kier alpha value is -2.30. The molecule has 2 nitrogen and oxygen atoms in total. The SMILES string of the molecule is CC(Cc1cccc(C(F)(F)F)c1)NC(=O)Cc1ccccc1. The Morgan fingerprint density at radius 2 is 1.70 bits per heavy atom. The first-order valence-electron chi connectivity index (χ1n) is 7.34. The molecule has 0 aliphatic carbocycles. The van der Waals surface area contributed by atoms with E-state index < -0.39 is 11.7 Å². The Morgan fingerprint density at radius 3 is 2.35 bits per heavy atom. The minimum atomic E-state index is -4.35. The second-order valence-electron chi connectivity index (χ2n) is 5.53. The number of halogens is 3. The number of amides is 1. The highest BCUT2D eigenvalue weighted by molar-refractivity contribution is 5.78. The molecule has 2 aromatic rings. The molecule has 0 saturated carbocycles. The van der Waals surface area contributed by atoms with Crippen LogP contribution in [-0.4, -0.2) is 11.9 Å². The average Bonchev–Trinajstić information content (AvgIpc) is 2.47. The second kappa shape index (κ2) is 7.31. The van der Waals surface area contributed by atoms with Gasteiger partial charge in [0.1, 0.15) is 0 Å². The van der Waals surface area contributed by atoms with Crippen LogP contribution < -0.4 is 5.32 Å². The zero-order chi connectivity index (χ0) is 16.9. The number of alkyl halides is 3. The molecule has 0 heterocycles. The molecule has 1 atom stereocenters. The zero-order valence-corrected chi connectivity index (χ0v) is 12.7. The standard InChI is InChI=1S/C18H18F3NO/c1-13(22-17(23)12-14-6-3-2-4-7-14)10-15-8-5-9-16(11-15)18(19,20)21/h2-9,11,13H,10,12H2,1H3,(H,22,23). The summed E-state index contributed by atoms with van der Waals surface area (Å²) in [7, 11) is 0. The molecule has 0 bridgehead atoms. The molecule has 0 aliphatic heterocycles. The van der Waals surface area contributed by atoms with Gasteiger partial charge in [-0.25, -0.2) is 0 Å². The summed E-state index contributed by atoms with van der Waals surface area (Å²) in [5.74, 6) is -0.143. The monoisotopic (exact) mass is 321 g/mol. The smallest absolute Gasteiger partial charge is 0.353 e. The van der Waals surface area contributed by atoms with Gasteiger partial charge < -0.3 is 5.32 Å². The van der Waals surface area contributed by atoms with Gasteiger partial charge in [0.05, 0.1) is 12.0 Å². The van der Waals surface area contributed by atoms with E-state index in [0.717, 1.165) is 17.7 Å². The quantitative estimate of drug-likeness (QED) is 0.886. The molecule has 23 heavy (non-hydrogen) atoms. The highest BCUT2D eigenvalue weighted by atomic mass is 19.4. The topological polar surface area (TPSA) is 29.1 Å². The van der Waals surface area contributed by atoms with E-state index >= 15 is 0 Å². The van der Waals surface area contributed by atoms with Crippen molar-refractivity contribution in [1.29, 1.82) is 0 Å². The predicted molar refractivity (Wildman–Crippen MR) is 82.9 cm³/mol. The first kappa shape index (κ1) is 17.1. The van der Waals surface area contributed by atoms with Crippen molar-refractivity contribution in [1.82, 2.24) is 5.32 Å². The molecule has 122 valence electrons. The van der Waals surface area contributed by atoms with Crippen molar-refractivity contribution in [2.75, 3.05) is 0 Å². The largest absolute Gasteiger partial charge is 0.416 e. The van der Waals surface area contributed by atoms with E-state index in [4.69, 9.17) is 0 Å². The van der Waals surface area contributed by atoms with Crippen molar-refractivity contribution < 1.29 is 18.0 Å². The highest BCUT2D eigenvalue weighted by Gasteiger charge is 2.30. The van der Waals surface area contributed by atoms with Crippen LogP contribution in [0, 0.1) is 0 Å². The van der Waals surface area contributed by atoms with Crippen molar-refractivity contribution in [2.45, 2.75) is 32.0 Å². The van der Waals surface area contributed by atoms with Gasteiger partial charge in [-0.2, -0.15) is 13.2 Å². The van der Waals surface area contributed by atoms with E-state index in [2.05, 4.69) is 5.32 Å². The number of carbonyl (C=O) groups is 1. The van der Waals surface area contributed by atoms with Crippen LogP contribution in [0.25, 0.3) is 0 Å². The summed E-state index contributed by atoms with van der Waals surface area (Å²) in [5, 5.41) is 2.81. The lowest BCUT2D eigenvalue weighted by Gasteiger charge is -2.15. The van der Waals surface area contributed by atoms with Crippen molar-refractivity contribution in [3.05, 3.63) is 71.3 Å². The van der Waals surface area contributed by atoms with E-state index in [9.17, 15) is 18.0 Å². The van der Waals surface area contributed by atoms with Crippen LogP contribution in [0.4, 0.5) is 13.2 Å². The molecule has 1 N–H and O–H groups in total. The maximum Gasteiger partial charge on any atom is 0.416 e. The Kier molecular flexibility index (Phi) is 5.42. The zero-order valence-electron chi connectivity index (χ0n) is 12.7. The number of hydrogen-bond acceptors (Lipinski definition) is 1. The molecular formula is C18H18F3NO. The minimum absolute atomic E-state index is 0.143. The van der Waals surface area contributed by atoms with Gasteiger partial charge in [0, 0.05) is 6.04 Å². The van der Waals surface area contributed by atoms with Gasteiger partial charge in [-0.15, -0.1) is 0 Å². The van der Waals surface area contributed by atoms with Gasteiger partial charge in [0.15, 0.2) is 0 Å². The fourth-order valence-electron chi connectivity index (χ4n) is 2.39. The number of carbonyl (C=O) groups excluding carboxylic acids is 1. The van der Waals surface area contributed by atoms with E-state index in [1.54, 1.807) is 13.0 Å². The predicted octanol–water partition coefficient (Wildman–Crippen LogP) is 4.00. The maximum atomic E-state index is 12.7. The summed E-state index contributed by atoms with van der Waals surface area (Å²) in [6.07, 6.45) is -3.74. The summed E-state index contributed by atoms with van der Waals surface area (Å²) >= 11 is 0. The van der Waals surface area contributed by atoms with Crippen LogP contribution in [0.1, 0.15) is 23.6 Å². The summed E-state index contributed by atoms with van der Waals surface area (Å²) in [5.41, 5.74) is 0.779. The maximum absolute atomic E-state index is 12.7. The third-order valence-corrected chi connectivity index (χ3v) is 3.41. The van der Waals surface area contributed by atoms with Crippen molar-refractivity contribution in [2.24, 2.45) is 0 Å². The molecule has 2 rings (SSSR count). The molecule has 1 unspecified atom stereocenters. The number of hydrogen-bond donors (Lipinski definition) is 1. The highest BCUT2D eigenvalue weighted by Crippen LogP contribution is 2.29. The summed E-state index contributed by atoms with van der Waals surface area (Å²) in [6, 6.07) is 14.2. The van der Waals surface area contributed by atoms with Crippen LogP contribution in [-0.2, 0) is 23.8 Å². The molecule has 5 heteroatoms. The summed E-state index contributed by atoms with van der Waals surface area (Å²) < 4.78 is 38.1. The Balaban J connectivity index is 1.92. The first-order valence-corrected chi connectivity index (χ1v) is 7.34. The summed E-state index contributed by atoms with van der Waals surface area (Å²) in [4.78, 5) is 11.9. The molecule has 0 spiro atoms. The van der Waals surface area contributed by atoms with Gasteiger partial charge in [0.2, 0.25) is 5.91 Å².